The van der Waals surface area contributed by atoms with E-state index in [0.717, 1.165) is 38.6 Å². The molecule has 3 atom stereocenters. The molecule has 2 rings (SSSR count). The highest BCUT2D eigenvalue weighted by Crippen LogP contribution is 2.27. The quantitative estimate of drug-likeness (QED) is 0.821. The fourth-order valence-electron chi connectivity index (χ4n) is 2.88. The van der Waals surface area contributed by atoms with Gasteiger partial charge in [-0.05, 0) is 44.9 Å². The van der Waals surface area contributed by atoms with E-state index in [9.17, 15) is 8.42 Å². The molecule has 4 nitrogen and oxygen atoms in total. The van der Waals surface area contributed by atoms with Crippen molar-refractivity contribution in [2.24, 2.45) is 0 Å². The van der Waals surface area contributed by atoms with E-state index in [-0.39, 0.29) is 11.3 Å². The summed E-state index contributed by atoms with van der Waals surface area (Å²) in [6, 6.07) is 0.156. The minimum Gasteiger partial charge on any atom is -0.315 e. The fraction of sp³-hybridized carbons (Fsp3) is 1.00. The standard InChI is InChI=1S/C12H24N2O2S2/c1-17-11-5-2-4-10(8-11)14-18(15,16)12-6-3-7-13-9-12/h10-14H,2-9H2,1H3. The fourth-order valence-corrected chi connectivity index (χ4v) is 5.39. The van der Waals surface area contributed by atoms with Crippen LogP contribution in [0.3, 0.4) is 0 Å². The highest BCUT2D eigenvalue weighted by Gasteiger charge is 2.31. The number of piperidine rings is 1. The number of nitrogens with one attached hydrogen (secondary N) is 2. The van der Waals surface area contributed by atoms with E-state index in [1.165, 1.54) is 6.42 Å². The predicted molar refractivity (Wildman–Crippen MR) is 77.5 cm³/mol. The van der Waals surface area contributed by atoms with Crippen LogP contribution in [-0.4, -0.2) is 44.3 Å². The average Bonchev–Trinajstić information content (AvgIpc) is 2.39. The van der Waals surface area contributed by atoms with E-state index in [4.69, 9.17) is 0 Å². The lowest BCUT2D eigenvalue weighted by atomic mass is 9.96. The van der Waals surface area contributed by atoms with Crippen molar-refractivity contribution in [3.63, 3.8) is 0 Å². The van der Waals surface area contributed by atoms with Gasteiger partial charge in [0.25, 0.3) is 0 Å². The first-order chi connectivity index (χ1) is 8.62. The second kappa shape index (κ2) is 6.59. The van der Waals surface area contributed by atoms with E-state index in [1.807, 2.05) is 11.8 Å². The molecular formula is C12H24N2O2S2. The molecule has 1 saturated heterocycles. The molecule has 6 heteroatoms. The molecule has 1 aliphatic heterocycles. The molecule has 0 amide bonds. The minimum absolute atomic E-state index is 0.156. The largest absolute Gasteiger partial charge is 0.315 e. The Morgan fingerprint density at radius 2 is 2.06 bits per heavy atom. The first-order valence-electron chi connectivity index (χ1n) is 6.86. The Morgan fingerprint density at radius 3 is 2.72 bits per heavy atom. The smallest absolute Gasteiger partial charge is 0.215 e. The number of thioether (sulfide) groups is 1. The van der Waals surface area contributed by atoms with E-state index in [1.54, 1.807) is 0 Å². The maximum atomic E-state index is 12.3. The van der Waals surface area contributed by atoms with Gasteiger partial charge in [0, 0.05) is 17.8 Å². The summed E-state index contributed by atoms with van der Waals surface area (Å²) in [5.41, 5.74) is 0. The number of hydrogen-bond donors (Lipinski definition) is 2. The van der Waals surface area contributed by atoms with Crippen LogP contribution in [0.15, 0.2) is 0 Å². The highest BCUT2D eigenvalue weighted by molar-refractivity contribution is 7.99. The van der Waals surface area contributed by atoms with E-state index in [2.05, 4.69) is 16.3 Å². The Balaban J connectivity index is 1.90. The van der Waals surface area contributed by atoms with Gasteiger partial charge in [-0.1, -0.05) is 6.42 Å². The normalized spacial score (nSPS) is 34.4. The molecule has 0 aromatic heterocycles. The molecule has 2 N–H and O–H groups in total. The van der Waals surface area contributed by atoms with Crippen molar-refractivity contribution < 1.29 is 8.42 Å². The number of hydrogen-bond acceptors (Lipinski definition) is 4. The summed E-state index contributed by atoms with van der Waals surface area (Å²) >= 11 is 1.86. The lowest BCUT2D eigenvalue weighted by Gasteiger charge is -2.31. The zero-order valence-corrected chi connectivity index (χ0v) is 12.7. The van der Waals surface area contributed by atoms with Crippen molar-refractivity contribution in [1.29, 1.82) is 0 Å². The molecule has 3 unspecified atom stereocenters. The monoisotopic (exact) mass is 292 g/mol. The number of rotatable bonds is 4. The van der Waals surface area contributed by atoms with Crippen LogP contribution in [0.4, 0.5) is 0 Å². The molecule has 2 fully saturated rings. The molecule has 0 spiro atoms. The SMILES string of the molecule is CSC1CCCC(NS(=O)(=O)C2CCCNC2)C1. The van der Waals surface area contributed by atoms with Crippen molar-refractivity contribution >= 4 is 21.8 Å². The van der Waals surface area contributed by atoms with Crippen LogP contribution in [0.1, 0.15) is 38.5 Å². The zero-order valence-electron chi connectivity index (χ0n) is 11.0. The summed E-state index contributed by atoms with van der Waals surface area (Å²) in [6.07, 6.45) is 8.22. The summed E-state index contributed by atoms with van der Waals surface area (Å²) in [4.78, 5) is 0. The Labute approximate surface area is 115 Å². The first kappa shape index (κ1) is 14.6. The molecule has 0 radical (unpaired) electrons. The highest BCUT2D eigenvalue weighted by atomic mass is 32.2. The van der Waals surface area contributed by atoms with Gasteiger partial charge in [-0.2, -0.15) is 11.8 Å². The van der Waals surface area contributed by atoms with Gasteiger partial charge in [0.15, 0.2) is 0 Å². The van der Waals surface area contributed by atoms with Crippen LogP contribution in [0.25, 0.3) is 0 Å². The third-order valence-corrected chi connectivity index (χ3v) is 7.02. The Bertz CT molecular complexity index is 353. The minimum atomic E-state index is -3.14. The van der Waals surface area contributed by atoms with Gasteiger partial charge < -0.3 is 5.32 Å². The molecule has 1 saturated carbocycles. The average molecular weight is 292 g/mol. The van der Waals surface area contributed by atoms with Crippen molar-refractivity contribution in [3.8, 4) is 0 Å². The topological polar surface area (TPSA) is 58.2 Å². The maximum Gasteiger partial charge on any atom is 0.215 e. The van der Waals surface area contributed by atoms with Crippen molar-refractivity contribution in [1.82, 2.24) is 10.0 Å². The van der Waals surface area contributed by atoms with E-state index in [0.29, 0.717) is 11.8 Å². The van der Waals surface area contributed by atoms with Crippen LogP contribution >= 0.6 is 11.8 Å². The van der Waals surface area contributed by atoms with Crippen molar-refractivity contribution in [2.75, 3.05) is 19.3 Å². The van der Waals surface area contributed by atoms with Gasteiger partial charge in [0.2, 0.25) is 10.0 Å². The van der Waals surface area contributed by atoms with Gasteiger partial charge in [-0.15, -0.1) is 0 Å². The first-order valence-corrected chi connectivity index (χ1v) is 9.70. The molecule has 18 heavy (non-hydrogen) atoms. The lowest BCUT2D eigenvalue weighted by molar-refractivity contribution is 0.413. The van der Waals surface area contributed by atoms with Crippen molar-refractivity contribution in [2.45, 2.75) is 55.1 Å². The molecule has 106 valence electrons. The van der Waals surface area contributed by atoms with Gasteiger partial charge in [0.1, 0.15) is 0 Å². The summed E-state index contributed by atoms with van der Waals surface area (Å²) in [6.45, 7) is 1.55. The second-order valence-electron chi connectivity index (χ2n) is 5.35. The number of sulfonamides is 1. The van der Waals surface area contributed by atoms with Crippen LogP contribution in [0, 0.1) is 0 Å². The second-order valence-corrected chi connectivity index (χ2v) is 8.48. The Hall–Kier alpha value is 0.220. The summed E-state index contributed by atoms with van der Waals surface area (Å²) in [5, 5.41) is 3.56. The Morgan fingerprint density at radius 1 is 1.22 bits per heavy atom. The molecule has 0 aromatic rings. The van der Waals surface area contributed by atoms with Gasteiger partial charge in [0.05, 0.1) is 5.25 Å². The van der Waals surface area contributed by atoms with Crippen LogP contribution < -0.4 is 10.0 Å². The van der Waals surface area contributed by atoms with Crippen molar-refractivity contribution in [3.05, 3.63) is 0 Å². The third kappa shape index (κ3) is 3.85. The maximum absolute atomic E-state index is 12.3. The molecule has 0 bridgehead atoms. The van der Waals surface area contributed by atoms with E-state index >= 15 is 0 Å². The van der Waals surface area contributed by atoms with Crippen LogP contribution in [0.2, 0.25) is 0 Å². The van der Waals surface area contributed by atoms with Gasteiger partial charge in [-0.3, -0.25) is 0 Å². The molecule has 0 aromatic carbocycles. The van der Waals surface area contributed by atoms with Crippen LogP contribution in [0.5, 0.6) is 0 Å². The summed E-state index contributed by atoms with van der Waals surface area (Å²) < 4.78 is 27.5. The van der Waals surface area contributed by atoms with E-state index < -0.39 is 10.0 Å². The van der Waals surface area contributed by atoms with Gasteiger partial charge >= 0.3 is 0 Å². The predicted octanol–water partition coefficient (Wildman–Crippen LogP) is 1.33. The molecule has 2 aliphatic rings. The lowest BCUT2D eigenvalue weighted by Crippen LogP contribution is -2.48. The molecule has 1 heterocycles. The van der Waals surface area contributed by atoms with Gasteiger partial charge in [-0.25, -0.2) is 13.1 Å². The summed E-state index contributed by atoms with van der Waals surface area (Å²) in [5.74, 6) is 0. The third-order valence-electron chi connectivity index (χ3n) is 3.98. The Kier molecular flexibility index (Phi) is 5.35. The molecule has 1 aliphatic carbocycles. The zero-order chi connectivity index (χ0) is 13.0. The molecular weight excluding hydrogens is 268 g/mol. The van der Waals surface area contributed by atoms with Crippen LogP contribution in [-0.2, 0) is 10.0 Å². The summed E-state index contributed by atoms with van der Waals surface area (Å²) in [7, 11) is -3.14.